The van der Waals surface area contributed by atoms with Crippen LogP contribution in [0.15, 0.2) is 5.11 Å². The van der Waals surface area contributed by atoms with Crippen molar-refractivity contribution in [2.45, 2.75) is 49.5 Å². The highest BCUT2D eigenvalue weighted by atomic mass is 32.1. The van der Waals surface area contributed by atoms with Crippen molar-refractivity contribution < 1.29 is 30.6 Å². The van der Waals surface area contributed by atoms with Crippen molar-refractivity contribution in [2.75, 3.05) is 48.2 Å². The number of aliphatic hydroxyl groups excluding tert-OH is 6. The van der Waals surface area contributed by atoms with Crippen molar-refractivity contribution in [1.82, 2.24) is 0 Å². The summed E-state index contributed by atoms with van der Waals surface area (Å²) in [5, 5.41) is 46.6. The fourth-order valence-corrected chi connectivity index (χ4v) is 0. The first-order valence-electron chi connectivity index (χ1n) is 6.26. The fraction of sp³-hybridized carbons (Fsp3) is 1.00. The molecule has 6 N–H and O–H groups in total. The molecule has 0 saturated carbocycles. The first-order valence-corrected chi connectivity index (χ1v) is 6.26. The van der Waals surface area contributed by atoms with Crippen molar-refractivity contribution in [2.24, 2.45) is 5.11 Å². The van der Waals surface area contributed by atoms with Crippen molar-refractivity contribution in [1.29, 1.82) is 0 Å². The Balaban J connectivity index is -0.00000000519. The number of hydrogen-bond acceptors (Lipinski definition) is 7. The molecule has 0 spiro atoms. The molecule has 0 aliphatic heterocycles. The van der Waals surface area contributed by atoms with Crippen LogP contribution < -0.4 is 0 Å². The van der Waals surface area contributed by atoms with E-state index in [9.17, 15) is 0 Å². The van der Waals surface area contributed by atoms with E-state index in [1.807, 2.05) is 13.8 Å². The Labute approximate surface area is 210 Å². The van der Waals surface area contributed by atoms with E-state index >= 15 is 0 Å². The maximum absolute atomic E-state index is 7.57. The lowest BCUT2D eigenvalue weighted by Crippen LogP contribution is -1.57. The molecule has 0 radical (unpaired) electrons. The van der Waals surface area contributed by atoms with Gasteiger partial charge >= 0.3 is 0 Å². The average molecular weight is 524 g/mol. The summed E-state index contributed by atoms with van der Waals surface area (Å²) in [6.07, 6.45) is 0. The van der Waals surface area contributed by atoms with Crippen molar-refractivity contribution in [3.05, 3.63) is 10.4 Å². The van der Waals surface area contributed by atoms with Crippen LogP contribution in [-0.2, 0) is 0 Å². The molecule has 0 atom stereocenters. The predicted octanol–water partition coefficient (Wildman–Crippen LogP) is 2.61. The predicted molar refractivity (Wildman–Crippen MR) is 154 cm³/mol. The van der Waals surface area contributed by atoms with Crippen LogP contribution in [0.2, 0.25) is 0 Å². The minimum Gasteiger partial charge on any atom is -0.400 e. The van der Waals surface area contributed by atoms with Gasteiger partial charge < -0.3 is 30.6 Å². The highest BCUT2D eigenvalue weighted by Crippen LogP contribution is 1.46. The number of nitrogens with zero attached hydrogens (tertiary/aromatic N) is 3. The van der Waals surface area contributed by atoms with Gasteiger partial charge in [0.1, 0.15) is 0 Å². The summed E-state index contributed by atoms with van der Waals surface area (Å²) >= 11 is 0. The Bertz CT molecular complexity index is 111. The largest absolute Gasteiger partial charge is 0.400 e. The van der Waals surface area contributed by atoms with Crippen LogP contribution in [0.1, 0.15) is 49.5 Å². The molecule has 0 aromatic heterocycles. The third kappa shape index (κ3) is 5400. The molecule has 0 fully saturated rings. The maximum Gasteiger partial charge on any atom is 0.0402 e. The maximum atomic E-state index is 7.57. The van der Waals surface area contributed by atoms with Gasteiger partial charge in [0.15, 0.2) is 0 Å². The molecule has 0 rings (SSSR count). The molecular formula is C14H57N3O6S5. The second-order valence-corrected chi connectivity index (χ2v) is 1.24. The van der Waals surface area contributed by atoms with Gasteiger partial charge in [-0.3, -0.25) is 0 Å². The van der Waals surface area contributed by atoms with Gasteiger partial charge in [-0.2, -0.15) is 67.5 Å². The van der Waals surface area contributed by atoms with Crippen LogP contribution in [0, 0.1) is 0 Å². The number of hydrogen-bond donors (Lipinski definition) is 6. The lowest BCUT2D eigenvalue weighted by atomic mass is 10.9. The van der Waals surface area contributed by atoms with E-state index in [1.165, 1.54) is 7.05 Å². The fourth-order valence-electron chi connectivity index (χ4n) is 0. The Morgan fingerprint density at radius 3 is 0.643 bits per heavy atom. The zero-order chi connectivity index (χ0) is 19.5. The van der Waals surface area contributed by atoms with E-state index < -0.39 is 0 Å². The first kappa shape index (κ1) is 117. The van der Waals surface area contributed by atoms with Crippen LogP contribution >= 0.6 is 67.5 Å². The van der Waals surface area contributed by atoms with Crippen LogP contribution in [0.4, 0.5) is 0 Å². The second kappa shape index (κ2) is 591. The topological polar surface area (TPSA) is 170 Å². The lowest BCUT2D eigenvalue weighted by Gasteiger charge is -1.52. The van der Waals surface area contributed by atoms with Crippen molar-refractivity contribution in [3.63, 3.8) is 0 Å². The van der Waals surface area contributed by atoms with Crippen LogP contribution in [0.3, 0.4) is 0 Å². The Kier molecular flexibility index (Phi) is 2460. The molecule has 0 aromatic rings. The summed E-state index contributed by atoms with van der Waals surface area (Å²) < 4.78 is 0. The third-order valence-corrected chi connectivity index (χ3v) is 0.0894. The lowest BCUT2D eigenvalue weighted by molar-refractivity contribution is 0.318. The zero-order valence-corrected chi connectivity index (χ0v) is 22.6. The van der Waals surface area contributed by atoms with Gasteiger partial charge in [0, 0.05) is 53.1 Å². The normalized spacial score (nSPS) is 3.39. The highest BCUT2D eigenvalue weighted by Gasteiger charge is 1.35. The van der Waals surface area contributed by atoms with Gasteiger partial charge in [-0.05, 0) is 26.3 Å². The van der Waals surface area contributed by atoms with Gasteiger partial charge in [-0.15, -0.1) is 0 Å². The summed E-state index contributed by atoms with van der Waals surface area (Å²) in [5.41, 5.74) is 7.33. The number of aliphatic hydroxyl groups is 6. The summed E-state index contributed by atoms with van der Waals surface area (Å²) in [6, 6.07) is 0. The Morgan fingerprint density at radius 2 is 0.643 bits per heavy atom. The third-order valence-electron chi connectivity index (χ3n) is 0.0894. The summed E-state index contributed by atoms with van der Waals surface area (Å²) in [5.74, 6) is 0. The Morgan fingerprint density at radius 1 is 0.607 bits per heavy atom. The summed E-state index contributed by atoms with van der Waals surface area (Å²) in [6.45, 7) is 9.79. The van der Waals surface area contributed by atoms with Crippen LogP contribution in [0.25, 0.3) is 10.4 Å². The van der Waals surface area contributed by atoms with Gasteiger partial charge in [0.2, 0.25) is 0 Å². The van der Waals surface area contributed by atoms with Crippen LogP contribution in [0.5, 0.6) is 0 Å². The van der Waals surface area contributed by atoms with Crippen LogP contribution in [-0.4, -0.2) is 78.8 Å². The molecule has 0 aromatic carbocycles. The first-order chi connectivity index (χ1) is 10.2. The Hall–Kier alpha value is 0.820. The van der Waals surface area contributed by atoms with Crippen molar-refractivity contribution in [3.8, 4) is 0 Å². The smallest absolute Gasteiger partial charge is 0.0402 e. The van der Waals surface area contributed by atoms with Gasteiger partial charge in [0.25, 0.3) is 0 Å². The molecule has 28 heavy (non-hydrogen) atoms. The zero-order valence-electron chi connectivity index (χ0n) is 17.6. The summed E-state index contributed by atoms with van der Waals surface area (Å²) in [4.78, 5) is 2.36. The molecule has 0 aliphatic rings. The monoisotopic (exact) mass is 523 g/mol. The molecule has 0 saturated heterocycles. The SMILES string of the molecule is C.C.CC.CCO.CCO.CCO.CN=[N+]=[N-].CO.CO.CO.S.S.S.S.S. The molecule has 194 valence electrons. The minimum absolute atomic E-state index is 0. The molecule has 0 bridgehead atoms. The standard InChI is InChI=1S/3C2H6O.C2H6.CH3N3.3CH4O.2CH4.5H2S/c3*1-2-3;1-2;1-3-4-2;3*1-2;;;;;;;/h3*3H,2H2,1H3;1-2H3;1H3;3*2H,1H3;2*1H4;5*1H2. The van der Waals surface area contributed by atoms with E-state index in [-0.39, 0.29) is 102 Å². The van der Waals surface area contributed by atoms with Gasteiger partial charge in [-0.1, -0.05) is 33.8 Å². The molecule has 9 nitrogen and oxygen atoms in total. The number of azide groups is 1. The highest BCUT2D eigenvalue weighted by molar-refractivity contribution is 7.60. The molecular weight excluding hydrogens is 467 g/mol. The van der Waals surface area contributed by atoms with E-state index in [2.05, 4.69) is 10.0 Å². The number of rotatable bonds is 0. The van der Waals surface area contributed by atoms with E-state index in [1.54, 1.807) is 20.8 Å². The summed E-state index contributed by atoms with van der Waals surface area (Å²) in [7, 11) is 4.39. The van der Waals surface area contributed by atoms with E-state index in [0.717, 1.165) is 21.3 Å². The molecule has 0 aliphatic carbocycles. The van der Waals surface area contributed by atoms with Gasteiger partial charge in [-0.25, -0.2) is 0 Å². The quantitative estimate of drug-likeness (QED) is 0.162. The molecule has 0 unspecified atom stereocenters. The minimum atomic E-state index is 0. The van der Waals surface area contributed by atoms with Crippen molar-refractivity contribution >= 4 is 67.5 Å². The average Bonchev–Trinajstić information content (AvgIpc) is 2.57. The molecule has 0 amide bonds. The van der Waals surface area contributed by atoms with Gasteiger partial charge in [0.05, 0.1) is 0 Å². The second-order valence-electron chi connectivity index (χ2n) is 1.24. The van der Waals surface area contributed by atoms with E-state index in [0.29, 0.717) is 0 Å². The molecule has 0 heterocycles. The molecule has 14 heteroatoms. The van der Waals surface area contributed by atoms with E-state index in [4.69, 9.17) is 36.2 Å².